The molecule has 0 spiro atoms. The molecular formula is C29H27ClN6O. The van der Waals surface area contributed by atoms with Gasteiger partial charge in [0, 0.05) is 30.2 Å². The normalized spacial score (nSPS) is 18.4. The highest BCUT2D eigenvalue weighted by Gasteiger charge is 2.21. The summed E-state index contributed by atoms with van der Waals surface area (Å²) >= 11 is 6.22. The van der Waals surface area contributed by atoms with E-state index in [0.717, 1.165) is 64.8 Å². The van der Waals surface area contributed by atoms with Crippen LogP contribution in [0, 0.1) is 0 Å². The number of benzene rings is 3. The average molecular weight is 511 g/mol. The minimum Gasteiger partial charge on any atom is -0.381 e. The van der Waals surface area contributed by atoms with Crippen LogP contribution in [0.25, 0.3) is 28.1 Å². The van der Waals surface area contributed by atoms with Crippen LogP contribution < -0.4 is 10.7 Å². The summed E-state index contributed by atoms with van der Waals surface area (Å²) in [6.45, 7) is 0. The molecule has 0 amide bonds. The number of para-hydroxylation sites is 2. The Kier molecular flexibility index (Phi) is 6.55. The van der Waals surface area contributed by atoms with E-state index in [1.807, 2.05) is 48.5 Å². The molecule has 2 aromatic carbocycles. The first-order valence-corrected chi connectivity index (χ1v) is 12.9. The SMILES string of the molecule is COC1CCC(N=c2cc3n(-c4ccc(Cl)cc4)c4ccccc4nc-3cc2Nc2ncccn2)CC1. The molecule has 1 aliphatic heterocycles. The Hall–Kier alpha value is -3.81. The average Bonchev–Trinajstić information content (AvgIpc) is 2.94. The zero-order valence-electron chi connectivity index (χ0n) is 20.5. The minimum absolute atomic E-state index is 0.221. The van der Waals surface area contributed by atoms with Crippen LogP contribution in [0.2, 0.25) is 5.02 Å². The maximum absolute atomic E-state index is 6.22. The number of aromatic nitrogens is 4. The van der Waals surface area contributed by atoms with E-state index in [9.17, 15) is 0 Å². The zero-order valence-corrected chi connectivity index (χ0v) is 21.3. The van der Waals surface area contributed by atoms with E-state index in [1.54, 1.807) is 25.6 Å². The van der Waals surface area contributed by atoms with Gasteiger partial charge in [-0.25, -0.2) is 15.0 Å². The lowest BCUT2D eigenvalue weighted by molar-refractivity contribution is 0.0663. The molecule has 0 radical (unpaired) electrons. The van der Waals surface area contributed by atoms with Gasteiger partial charge in [0.2, 0.25) is 5.95 Å². The molecule has 2 aliphatic carbocycles. The van der Waals surface area contributed by atoms with Crippen LogP contribution in [0.4, 0.5) is 11.6 Å². The van der Waals surface area contributed by atoms with Crippen molar-refractivity contribution in [1.82, 2.24) is 19.5 Å². The minimum atomic E-state index is 0.221. The predicted molar refractivity (Wildman–Crippen MR) is 147 cm³/mol. The first kappa shape index (κ1) is 23.6. The van der Waals surface area contributed by atoms with Crippen molar-refractivity contribution >= 4 is 34.3 Å². The van der Waals surface area contributed by atoms with Crippen LogP contribution in [-0.2, 0) is 4.74 Å². The molecule has 0 unspecified atom stereocenters. The van der Waals surface area contributed by atoms with Crippen LogP contribution >= 0.6 is 11.6 Å². The number of ether oxygens (including phenoxy) is 1. The van der Waals surface area contributed by atoms with Crippen molar-refractivity contribution < 1.29 is 4.74 Å². The number of hydrogen-bond donors (Lipinski definition) is 1. The molecule has 0 atom stereocenters. The molecule has 186 valence electrons. The maximum Gasteiger partial charge on any atom is 0.227 e. The Morgan fingerprint density at radius 2 is 1.70 bits per heavy atom. The maximum atomic E-state index is 6.22. The topological polar surface area (TPSA) is 77.2 Å². The summed E-state index contributed by atoms with van der Waals surface area (Å²) in [4.78, 5) is 19.0. The van der Waals surface area contributed by atoms with Crippen LogP contribution in [0.15, 0.2) is 84.1 Å². The van der Waals surface area contributed by atoms with Gasteiger partial charge in [0.25, 0.3) is 0 Å². The van der Waals surface area contributed by atoms with Crippen molar-refractivity contribution in [1.29, 1.82) is 0 Å². The van der Waals surface area contributed by atoms with E-state index < -0.39 is 0 Å². The van der Waals surface area contributed by atoms with Crippen LogP contribution in [0.1, 0.15) is 25.7 Å². The Bertz CT molecular complexity index is 1560. The standard InChI is InChI=1S/C29H27ClN6O/c1-37-22-13-9-20(10-14-22)33-25-18-28-26(17-24(25)35-29-31-15-4-16-32-29)34-23-5-2-3-6-27(23)36(28)21-11-7-19(30)8-12-21/h2-8,11-12,15-18,20,22H,9-10,13-14H2,1H3,(H,31,32,35). The van der Waals surface area contributed by atoms with Gasteiger partial charge in [-0.05, 0) is 80.3 Å². The van der Waals surface area contributed by atoms with Crippen molar-refractivity contribution in [3.8, 4) is 17.1 Å². The summed E-state index contributed by atoms with van der Waals surface area (Å²) in [7, 11) is 1.79. The molecule has 1 N–H and O–H groups in total. The number of halogens is 1. The van der Waals surface area contributed by atoms with E-state index in [0.29, 0.717) is 17.1 Å². The van der Waals surface area contributed by atoms with Gasteiger partial charge in [-0.2, -0.15) is 0 Å². The monoisotopic (exact) mass is 510 g/mol. The molecular weight excluding hydrogens is 484 g/mol. The van der Waals surface area contributed by atoms with Gasteiger partial charge in [-0.15, -0.1) is 0 Å². The van der Waals surface area contributed by atoms with Gasteiger partial charge >= 0.3 is 0 Å². The molecule has 0 bridgehead atoms. The predicted octanol–water partition coefficient (Wildman–Crippen LogP) is 6.18. The van der Waals surface area contributed by atoms with Crippen molar-refractivity contribution in [3.63, 3.8) is 0 Å². The Balaban J connectivity index is 1.57. The van der Waals surface area contributed by atoms with E-state index in [2.05, 4.69) is 32.0 Å². The highest BCUT2D eigenvalue weighted by Crippen LogP contribution is 2.31. The zero-order chi connectivity index (χ0) is 25.2. The van der Waals surface area contributed by atoms with Gasteiger partial charge in [-0.1, -0.05) is 23.7 Å². The lowest BCUT2D eigenvalue weighted by atomic mass is 9.93. The summed E-state index contributed by atoms with van der Waals surface area (Å²) in [5.41, 5.74) is 5.55. The molecule has 3 aliphatic rings. The second-order valence-corrected chi connectivity index (χ2v) is 9.70. The first-order valence-electron chi connectivity index (χ1n) is 12.5. The first-order chi connectivity index (χ1) is 18.2. The van der Waals surface area contributed by atoms with Gasteiger partial charge in [0.05, 0.1) is 45.6 Å². The molecule has 3 aromatic rings. The van der Waals surface area contributed by atoms with E-state index in [-0.39, 0.29) is 6.04 Å². The number of fused-ring (bicyclic) bond motifs is 2. The second-order valence-electron chi connectivity index (χ2n) is 9.26. The third-order valence-electron chi connectivity index (χ3n) is 6.89. The van der Waals surface area contributed by atoms with Crippen molar-refractivity contribution in [3.05, 3.63) is 89.5 Å². The second kappa shape index (κ2) is 10.3. The van der Waals surface area contributed by atoms with Crippen LogP contribution in [0.5, 0.6) is 0 Å². The van der Waals surface area contributed by atoms with Gasteiger partial charge in [0.1, 0.15) is 0 Å². The third-order valence-corrected chi connectivity index (χ3v) is 7.15. The molecule has 1 fully saturated rings. The Morgan fingerprint density at radius 1 is 0.946 bits per heavy atom. The van der Waals surface area contributed by atoms with Gasteiger partial charge in [-0.3, -0.25) is 4.99 Å². The molecule has 2 heterocycles. The largest absolute Gasteiger partial charge is 0.381 e. The van der Waals surface area contributed by atoms with E-state index >= 15 is 0 Å². The van der Waals surface area contributed by atoms with E-state index in [4.69, 9.17) is 26.3 Å². The quantitative estimate of drug-likeness (QED) is 0.286. The van der Waals surface area contributed by atoms with Crippen molar-refractivity contribution in [2.24, 2.45) is 4.99 Å². The fourth-order valence-corrected chi connectivity index (χ4v) is 5.13. The number of anilines is 2. The smallest absolute Gasteiger partial charge is 0.227 e. The molecule has 37 heavy (non-hydrogen) atoms. The molecule has 8 heteroatoms. The highest BCUT2D eigenvalue weighted by atomic mass is 35.5. The molecule has 0 saturated heterocycles. The molecule has 1 saturated carbocycles. The fourth-order valence-electron chi connectivity index (χ4n) is 5.01. The Labute approximate surface area is 220 Å². The fraction of sp³-hybridized carbons (Fsp3) is 0.241. The van der Waals surface area contributed by atoms with Crippen LogP contribution in [-0.4, -0.2) is 38.8 Å². The summed E-state index contributed by atoms with van der Waals surface area (Å²) in [5, 5.41) is 4.94. The van der Waals surface area contributed by atoms with E-state index in [1.165, 1.54) is 0 Å². The molecule has 1 aromatic heterocycles. The molecule has 6 rings (SSSR count). The van der Waals surface area contributed by atoms with Crippen molar-refractivity contribution in [2.75, 3.05) is 12.4 Å². The number of rotatable bonds is 5. The Morgan fingerprint density at radius 3 is 2.46 bits per heavy atom. The summed E-state index contributed by atoms with van der Waals surface area (Å²) in [6, 6.07) is 22.2. The van der Waals surface area contributed by atoms with Gasteiger partial charge < -0.3 is 14.6 Å². The lowest BCUT2D eigenvalue weighted by Crippen LogP contribution is -2.25. The number of nitrogens with zero attached hydrogens (tertiary/aromatic N) is 5. The number of hydrogen-bond acceptors (Lipinski definition) is 6. The third kappa shape index (κ3) is 4.92. The summed E-state index contributed by atoms with van der Waals surface area (Å²) < 4.78 is 7.79. The van der Waals surface area contributed by atoms with Gasteiger partial charge in [0.15, 0.2) is 0 Å². The van der Waals surface area contributed by atoms with Crippen LogP contribution in [0.3, 0.4) is 0 Å². The molecule has 7 nitrogen and oxygen atoms in total. The van der Waals surface area contributed by atoms with Crippen molar-refractivity contribution in [2.45, 2.75) is 37.8 Å². The summed E-state index contributed by atoms with van der Waals surface area (Å²) in [6.07, 6.45) is 7.77. The highest BCUT2D eigenvalue weighted by molar-refractivity contribution is 6.30. The number of methoxy groups -OCH3 is 1. The summed E-state index contributed by atoms with van der Waals surface area (Å²) in [5.74, 6) is 0.521. The lowest BCUT2D eigenvalue weighted by Gasteiger charge is -2.25. The number of nitrogens with one attached hydrogen (secondary N) is 1.